The van der Waals surface area contributed by atoms with Gasteiger partial charge in [0.15, 0.2) is 0 Å². The molecule has 0 radical (unpaired) electrons. The van der Waals surface area contributed by atoms with Crippen LogP contribution < -0.4 is 11.1 Å². The van der Waals surface area contributed by atoms with E-state index in [2.05, 4.69) is 17.2 Å². The van der Waals surface area contributed by atoms with E-state index < -0.39 is 0 Å². The van der Waals surface area contributed by atoms with Crippen molar-refractivity contribution in [3.8, 4) is 0 Å². The highest BCUT2D eigenvalue weighted by molar-refractivity contribution is 7.99. The largest absolute Gasteiger partial charge is 0.384 e. The number of amides is 1. The molecule has 0 aliphatic heterocycles. The van der Waals surface area contributed by atoms with Crippen molar-refractivity contribution < 1.29 is 4.79 Å². The summed E-state index contributed by atoms with van der Waals surface area (Å²) in [7, 11) is 0. The van der Waals surface area contributed by atoms with E-state index in [0.29, 0.717) is 11.4 Å². The van der Waals surface area contributed by atoms with Crippen LogP contribution in [0, 0.1) is 0 Å². The monoisotopic (exact) mass is 289 g/mol. The third kappa shape index (κ3) is 3.42. The fourth-order valence-corrected chi connectivity index (χ4v) is 2.69. The van der Waals surface area contributed by atoms with Gasteiger partial charge in [0.05, 0.1) is 11.1 Å². The van der Waals surface area contributed by atoms with Gasteiger partial charge >= 0.3 is 0 Å². The van der Waals surface area contributed by atoms with Gasteiger partial charge in [0.25, 0.3) is 5.91 Å². The average molecular weight is 289 g/mol. The van der Waals surface area contributed by atoms with Gasteiger partial charge in [0, 0.05) is 17.2 Å². The van der Waals surface area contributed by atoms with Gasteiger partial charge in [-0.1, -0.05) is 25.1 Å². The third-order valence-corrected chi connectivity index (χ3v) is 4.07. The van der Waals surface area contributed by atoms with Crippen LogP contribution in [0.25, 0.3) is 10.9 Å². The number of carbonyl (C=O) groups is 1. The zero-order valence-corrected chi connectivity index (χ0v) is 12.5. The van der Waals surface area contributed by atoms with Crippen molar-refractivity contribution in [1.82, 2.24) is 10.3 Å². The standard InChI is InChI=1S/C15H19N3OS/c1-3-20-9-10(2)17-15(19)12-8-14(16)18-13-7-5-4-6-11(12)13/h4-8,10H,3,9H2,1-2H3,(H2,16,18)(H,17,19). The molecule has 2 aromatic rings. The van der Waals surface area contributed by atoms with Crippen LogP contribution in [0.4, 0.5) is 5.82 Å². The summed E-state index contributed by atoms with van der Waals surface area (Å²) in [6.45, 7) is 4.11. The molecular formula is C15H19N3OS. The summed E-state index contributed by atoms with van der Waals surface area (Å²) in [5.74, 6) is 2.22. The minimum absolute atomic E-state index is 0.0977. The van der Waals surface area contributed by atoms with Crippen molar-refractivity contribution in [3.05, 3.63) is 35.9 Å². The fraction of sp³-hybridized carbons (Fsp3) is 0.333. The predicted molar refractivity (Wildman–Crippen MR) is 86.1 cm³/mol. The Morgan fingerprint density at radius 3 is 2.95 bits per heavy atom. The van der Waals surface area contributed by atoms with Crippen molar-refractivity contribution in [2.45, 2.75) is 19.9 Å². The van der Waals surface area contributed by atoms with Crippen molar-refractivity contribution in [2.75, 3.05) is 17.2 Å². The van der Waals surface area contributed by atoms with Crippen LogP contribution in [0.15, 0.2) is 30.3 Å². The maximum Gasteiger partial charge on any atom is 0.252 e. The number of rotatable bonds is 5. The number of nitrogen functional groups attached to an aromatic ring is 1. The number of hydrogen-bond donors (Lipinski definition) is 2. The smallest absolute Gasteiger partial charge is 0.252 e. The third-order valence-electron chi connectivity index (χ3n) is 2.93. The highest BCUT2D eigenvalue weighted by Crippen LogP contribution is 2.19. The first-order chi connectivity index (χ1) is 9.61. The molecule has 0 aliphatic rings. The van der Waals surface area contributed by atoms with E-state index in [9.17, 15) is 4.79 Å². The summed E-state index contributed by atoms with van der Waals surface area (Å²) in [5.41, 5.74) is 7.11. The van der Waals surface area contributed by atoms with Crippen molar-refractivity contribution in [3.63, 3.8) is 0 Å². The number of thioether (sulfide) groups is 1. The zero-order chi connectivity index (χ0) is 14.5. The van der Waals surface area contributed by atoms with E-state index in [1.54, 1.807) is 6.07 Å². The van der Waals surface area contributed by atoms with Gasteiger partial charge in [-0.25, -0.2) is 4.98 Å². The minimum Gasteiger partial charge on any atom is -0.384 e. The summed E-state index contributed by atoms with van der Waals surface area (Å²) in [6.07, 6.45) is 0. The highest BCUT2D eigenvalue weighted by Gasteiger charge is 2.14. The van der Waals surface area contributed by atoms with Gasteiger partial charge in [-0.3, -0.25) is 4.79 Å². The van der Waals surface area contributed by atoms with Crippen LogP contribution in [-0.2, 0) is 0 Å². The Kier molecular flexibility index (Phi) is 4.84. The maximum absolute atomic E-state index is 12.4. The summed E-state index contributed by atoms with van der Waals surface area (Å²) >= 11 is 1.81. The van der Waals surface area contributed by atoms with E-state index in [-0.39, 0.29) is 11.9 Å². The summed E-state index contributed by atoms with van der Waals surface area (Å²) in [6, 6.07) is 9.29. The van der Waals surface area contributed by atoms with Crippen molar-refractivity contribution in [1.29, 1.82) is 0 Å². The molecule has 106 valence electrons. The Morgan fingerprint density at radius 1 is 1.45 bits per heavy atom. The molecule has 4 nitrogen and oxygen atoms in total. The second-order valence-corrected chi connectivity index (χ2v) is 5.96. The Morgan fingerprint density at radius 2 is 2.20 bits per heavy atom. The molecule has 0 spiro atoms. The Balaban J connectivity index is 2.25. The molecule has 0 aliphatic carbocycles. The zero-order valence-electron chi connectivity index (χ0n) is 11.7. The molecule has 1 amide bonds. The van der Waals surface area contributed by atoms with E-state index in [1.807, 2.05) is 43.0 Å². The lowest BCUT2D eigenvalue weighted by molar-refractivity contribution is 0.0945. The number of nitrogens with zero attached hydrogens (tertiary/aromatic N) is 1. The number of fused-ring (bicyclic) bond motifs is 1. The SMILES string of the molecule is CCSCC(C)NC(=O)c1cc(N)nc2ccccc12. The average Bonchev–Trinajstić information content (AvgIpc) is 2.44. The number of hydrogen-bond acceptors (Lipinski definition) is 4. The molecule has 2 rings (SSSR count). The first-order valence-corrected chi connectivity index (χ1v) is 7.81. The Bertz CT molecular complexity index is 615. The molecule has 5 heteroatoms. The number of nitrogens with two attached hydrogens (primary N) is 1. The summed E-state index contributed by atoms with van der Waals surface area (Å²) < 4.78 is 0. The van der Waals surface area contributed by atoms with Crippen LogP contribution in [0.5, 0.6) is 0 Å². The quantitative estimate of drug-likeness (QED) is 0.888. The number of carbonyl (C=O) groups excluding carboxylic acids is 1. The molecule has 0 fully saturated rings. The lowest BCUT2D eigenvalue weighted by Crippen LogP contribution is -2.34. The lowest BCUT2D eigenvalue weighted by Gasteiger charge is -2.14. The minimum atomic E-state index is -0.0977. The Hall–Kier alpha value is -1.75. The predicted octanol–water partition coefficient (Wildman–Crippen LogP) is 2.69. The van der Waals surface area contributed by atoms with Gasteiger partial charge in [-0.15, -0.1) is 0 Å². The van der Waals surface area contributed by atoms with Crippen LogP contribution in [0.2, 0.25) is 0 Å². The molecule has 0 bridgehead atoms. The summed E-state index contributed by atoms with van der Waals surface area (Å²) in [5, 5.41) is 3.84. The van der Waals surface area contributed by atoms with Crippen LogP contribution >= 0.6 is 11.8 Å². The molecule has 20 heavy (non-hydrogen) atoms. The first kappa shape index (κ1) is 14.7. The van der Waals surface area contributed by atoms with Crippen molar-refractivity contribution >= 4 is 34.4 Å². The molecule has 1 aromatic heterocycles. The Labute approximate surface area is 123 Å². The maximum atomic E-state index is 12.4. The van der Waals surface area contributed by atoms with Gasteiger partial charge in [-0.2, -0.15) is 11.8 Å². The highest BCUT2D eigenvalue weighted by atomic mass is 32.2. The number of aromatic nitrogens is 1. The number of nitrogens with one attached hydrogen (secondary N) is 1. The topological polar surface area (TPSA) is 68.0 Å². The van der Waals surface area contributed by atoms with Crippen molar-refractivity contribution in [2.24, 2.45) is 0 Å². The summed E-state index contributed by atoms with van der Waals surface area (Å²) in [4.78, 5) is 16.6. The van der Waals surface area contributed by atoms with Crippen LogP contribution in [0.3, 0.4) is 0 Å². The normalized spacial score (nSPS) is 12.3. The van der Waals surface area contributed by atoms with Gasteiger partial charge < -0.3 is 11.1 Å². The first-order valence-electron chi connectivity index (χ1n) is 6.65. The molecule has 0 saturated heterocycles. The molecule has 1 aromatic carbocycles. The fourth-order valence-electron chi connectivity index (χ4n) is 2.02. The molecule has 1 heterocycles. The van der Waals surface area contributed by atoms with E-state index in [4.69, 9.17) is 5.73 Å². The number of pyridine rings is 1. The van der Waals surface area contributed by atoms with Crippen LogP contribution in [-0.4, -0.2) is 28.4 Å². The lowest BCUT2D eigenvalue weighted by atomic mass is 10.1. The number of para-hydroxylation sites is 1. The van der Waals surface area contributed by atoms with Gasteiger partial charge in [-0.05, 0) is 24.8 Å². The molecule has 0 saturated carbocycles. The van der Waals surface area contributed by atoms with E-state index >= 15 is 0 Å². The number of anilines is 1. The van der Waals surface area contributed by atoms with Gasteiger partial charge in [0.2, 0.25) is 0 Å². The molecular weight excluding hydrogens is 270 g/mol. The second-order valence-electron chi connectivity index (χ2n) is 4.65. The van der Waals surface area contributed by atoms with Crippen LogP contribution in [0.1, 0.15) is 24.2 Å². The van der Waals surface area contributed by atoms with E-state index in [1.165, 1.54) is 0 Å². The molecule has 1 atom stereocenters. The molecule has 3 N–H and O–H groups in total. The molecule has 1 unspecified atom stereocenters. The number of benzene rings is 1. The second kappa shape index (κ2) is 6.61. The van der Waals surface area contributed by atoms with Gasteiger partial charge in [0.1, 0.15) is 5.82 Å². The van der Waals surface area contributed by atoms with E-state index in [0.717, 1.165) is 22.4 Å².